The molecule has 4 fully saturated rings. The molecule has 4 heteroatoms. The van der Waals surface area contributed by atoms with E-state index in [0.29, 0.717) is 18.3 Å². The largest absolute Gasteiger partial charge is 0.469 e. The van der Waals surface area contributed by atoms with E-state index in [2.05, 4.69) is 53.3 Å². The third-order valence-electron chi connectivity index (χ3n) is 12.6. The quantitative estimate of drug-likeness (QED) is 0.330. The lowest BCUT2D eigenvalue weighted by atomic mass is 9.33. The predicted molar refractivity (Wildman–Crippen MR) is 137 cm³/mol. The maximum atomic E-state index is 14.1. The van der Waals surface area contributed by atoms with Gasteiger partial charge in [0.05, 0.1) is 25.0 Å². The van der Waals surface area contributed by atoms with Crippen molar-refractivity contribution in [2.24, 2.45) is 56.7 Å². The molecule has 0 aromatic carbocycles. The van der Waals surface area contributed by atoms with Crippen LogP contribution < -0.4 is 0 Å². The van der Waals surface area contributed by atoms with Crippen LogP contribution in [0.2, 0.25) is 0 Å². The van der Waals surface area contributed by atoms with Crippen molar-refractivity contribution in [1.29, 1.82) is 0 Å². The number of carbonyl (C=O) groups is 2. The summed E-state index contributed by atoms with van der Waals surface area (Å²) in [7, 11) is 3.10. The fourth-order valence-corrected chi connectivity index (χ4v) is 11.2. The van der Waals surface area contributed by atoms with Crippen molar-refractivity contribution in [1.82, 2.24) is 0 Å². The first-order valence-corrected chi connectivity index (χ1v) is 13.9. The van der Waals surface area contributed by atoms with E-state index in [4.69, 9.17) is 9.47 Å². The highest BCUT2D eigenvalue weighted by molar-refractivity contribution is 5.82. The summed E-state index contributed by atoms with van der Waals surface area (Å²) in [5.41, 5.74) is 0.185. The number of ether oxygens (including phenoxy) is 2. The first kappa shape index (κ1) is 25.1. The van der Waals surface area contributed by atoms with Crippen LogP contribution in [0.4, 0.5) is 0 Å². The highest BCUT2D eigenvalue weighted by Gasteiger charge is 2.75. The molecule has 5 rings (SSSR count). The van der Waals surface area contributed by atoms with Gasteiger partial charge >= 0.3 is 11.9 Å². The minimum Gasteiger partial charge on any atom is -0.469 e. The molecule has 5 aliphatic rings. The molecule has 0 aromatic heterocycles. The summed E-state index contributed by atoms with van der Waals surface area (Å²) in [6, 6.07) is 0. The molecule has 0 aliphatic heterocycles. The molecule has 0 saturated heterocycles. The molecular formula is C31H46O4. The van der Waals surface area contributed by atoms with Crippen molar-refractivity contribution >= 4 is 11.9 Å². The number of rotatable bonds is 3. The molecule has 4 nitrogen and oxygen atoms in total. The van der Waals surface area contributed by atoms with Crippen molar-refractivity contribution in [3.63, 3.8) is 0 Å². The zero-order chi connectivity index (χ0) is 25.6. The topological polar surface area (TPSA) is 52.6 Å². The number of hydrogen-bond donors (Lipinski definition) is 0. The summed E-state index contributed by atoms with van der Waals surface area (Å²) in [5.74, 6) is 1.38. The predicted octanol–water partition coefficient (Wildman–Crippen LogP) is 6.75. The van der Waals surface area contributed by atoms with Gasteiger partial charge in [-0.25, -0.2) is 0 Å². The molecule has 0 amide bonds. The van der Waals surface area contributed by atoms with Crippen molar-refractivity contribution in [2.75, 3.05) is 14.2 Å². The Bertz CT molecular complexity index is 978. The Kier molecular flexibility index (Phi) is 5.53. The van der Waals surface area contributed by atoms with E-state index in [9.17, 15) is 9.59 Å². The maximum Gasteiger partial charge on any atom is 0.312 e. The fourth-order valence-electron chi connectivity index (χ4n) is 11.2. The first-order chi connectivity index (χ1) is 16.4. The van der Waals surface area contributed by atoms with Gasteiger partial charge in [0.15, 0.2) is 0 Å². The molecule has 35 heavy (non-hydrogen) atoms. The average Bonchev–Trinajstić information content (AvgIpc) is 3.33. The third kappa shape index (κ3) is 2.86. The first-order valence-electron chi connectivity index (χ1n) is 13.9. The highest BCUT2D eigenvalue weighted by Crippen LogP contribution is 2.77. The Morgan fingerprint density at radius 1 is 0.829 bits per heavy atom. The monoisotopic (exact) mass is 482 g/mol. The average molecular weight is 483 g/mol. The fraction of sp³-hybridized carbons (Fsp3) is 0.806. The standard InChI is InChI=1S/C31H46O4/c1-19(2)20-11-14-30(25(32)34-7)17-18-31(26(33)35-8)21(24(20)30)9-10-23-28(5)16-15-27(3,4)22(28)12-13-29(23,31)6/h15-16,20-24H,1,9-14,17-18H2,2-8H3. The molecule has 194 valence electrons. The molecule has 0 spiro atoms. The summed E-state index contributed by atoms with van der Waals surface area (Å²) in [6.07, 6.45) is 12.4. The lowest BCUT2D eigenvalue weighted by molar-refractivity contribution is -0.234. The molecule has 0 N–H and O–H groups in total. The van der Waals surface area contributed by atoms with Crippen LogP contribution in [0.15, 0.2) is 24.3 Å². The third-order valence-corrected chi connectivity index (χ3v) is 12.6. The molecule has 0 radical (unpaired) electrons. The van der Waals surface area contributed by atoms with E-state index in [0.717, 1.165) is 50.5 Å². The molecule has 5 aliphatic carbocycles. The SMILES string of the molecule is C=C(C)C1CCC2(C(=O)OC)CCC3(C(=O)OC)C(CCC4C5(C)C=CC(C)(C)C5CCC43C)C12. The van der Waals surface area contributed by atoms with E-state index < -0.39 is 10.8 Å². The number of allylic oxidation sites excluding steroid dienone is 3. The number of esters is 2. The zero-order valence-electron chi connectivity index (χ0n) is 23.0. The number of hydrogen-bond acceptors (Lipinski definition) is 4. The van der Waals surface area contributed by atoms with Crippen molar-refractivity contribution in [3.8, 4) is 0 Å². The van der Waals surface area contributed by atoms with Gasteiger partial charge in [0.1, 0.15) is 0 Å². The maximum absolute atomic E-state index is 14.1. The van der Waals surface area contributed by atoms with Gasteiger partial charge in [0, 0.05) is 0 Å². The lowest BCUT2D eigenvalue weighted by Crippen LogP contribution is -2.68. The number of methoxy groups -OCH3 is 2. The molecule has 0 aromatic rings. The van der Waals surface area contributed by atoms with E-state index in [1.54, 1.807) is 7.11 Å². The second-order valence-corrected chi connectivity index (χ2v) is 13.9. The molecule has 9 unspecified atom stereocenters. The molecular weight excluding hydrogens is 436 g/mol. The zero-order valence-corrected chi connectivity index (χ0v) is 23.0. The van der Waals surface area contributed by atoms with Gasteiger partial charge < -0.3 is 9.47 Å². The van der Waals surface area contributed by atoms with Crippen molar-refractivity contribution in [3.05, 3.63) is 24.3 Å². The summed E-state index contributed by atoms with van der Waals surface area (Å²) in [5, 5.41) is 0. The number of carbonyl (C=O) groups excluding carboxylic acids is 2. The van der Waals surface area contributed by atoms with Gasteiger partial charge in [-0.1, -0.05) is 52.0 Å². The summed E-state index contributed by atoms with van der Waals surface area (Å²) in [4.78, 5) is 27.6. The highest BCUT2D eigenvalue weighted by atomic mass is 16.5. The van der Waals surface area contributed by atoms with Crippen LogP contribution in [0.25, 0.3) is 0 Å². The Balaban J connectivity index is 1.67. The summed E-state index contributed by atoms with van der Waals surface area (Å²) >= 11 is 0. The summed E-state index contributed by atoms with van der Waals surface area (Å²) < 4.78 is 11.2. The normalized spacial score (nSPS) is 49.3. The molecule has 0 heterocycles. The number of fused-ring (bicyclic) bond motifs is 7. The van der Waals surface area contributed by atoms with Crippen LogP contribution in [-0.2, 0) is 19.1 Å². The Morgan fingerprint density at radius 2 is 1.51 bits per heavy atom. The summed E-state index contributed by atoms with van der Waals surface area (Å²) in [6.45, 7) is 16.1. The van der Waals surface area contributed by atoms with Crippen LogP contribution in [0.5, 0.6) is 0 Å². The molecule has 9 atom stereocenters. The van der Waals surface area contributed by atoms with E-state index in [1.807, 2.05) is 0 Å². The van der Waals surface area contributed by atoms with Gasteiger partial charge in [-0.15, -0.1) is 0 Å². The van der Waals surface area contributed by atoms with Crippen LogP contribution in [0, 0.1) is 56.7 Å². The van der Waals surface area contributed by atoms with Crippen LogP contribution in [-0.4, -0.2) is 26.2 Å². The van der Waals surface area contributed by atoms with E-state index in [-0.39, 0.29) is 45.9 Å². The van der Waals surface area contributed by atoms with Crippen molar-refractivity contribution in [2.45, 2.75) is 86.0 Å². The van der Waals surface area contributed by atoms with Gasteiger partial charge in [0.25, 0.3) is 0 Å². The Hall–Kier alpha value is -1.58. The van der Waals surface area contributed by atoms with E-state index in [1.165, 1.54) is 7.11 Å². The molecule has 0 bridgehead atoms. The van der Waals surface area contributed by atoms with Crippen molar-refractivity contribution < 1.29 is 19.1 Å². The minimum atomic E-state index is -0.570. The van der Waals surface area contributed by atoms with E-state index >= 15 is 0 Å². The Labute approximate surface area is 212 Å². The van der Waals surface area contributed by atoms with Gasteiger partial charge in [-0.3, -0.25) is 9.59 Å². The smallest absolute Gasteiger partial charge is 0.312 e. The van der Waals surface area contributed by atoms with Crippen LogP contribution in [0.1, 0.15) is 86.0 Å². The Morgan fingerprint density at radius 3 is 2.14 bits per heavy atom. The van der Waals surface area contributed by atoms with Gasteiger partial charge in [-0.2, -0.15) is 0 Å². The minimum absolute atomic E-state index is 0.0381. The van der Waals surface area contributed by atoms with Gasteiger partial charge in [0.2, 0.25) is 0 Å². The second kappa shape index (κ2) is 7.71. The van der Waals surface area contributed by atoms with Gasteiger partial charge in [-0.05, 0) is 104 Å². The second-order valence-electron chi connectivity index (χ2n) is 13.9. The lowest BCUT2D eigenvalue weighted by Gasteiger charge is -2.69. The van der Waals surface area contributed by atoms with Crippen LogP contribution >= 0.6 is 0 Å². The molecule has 4 saturated carbocycles. The van der Waals surface area contributed by atoms with Crippen LogP contribution in [0.3, 0.4) is 0 Å².